The molecular formula is C18H21ClN2O3S. The third kappa shape index (κ3) is 5.56. The lowest BCUT2D eigenvalue weighted by molar-refractivity contribution is -0.116. The van der Waals surface area contributed by atoms with Crippen molar-refractivity contribution in [3.05, 3.63) is 64.2 Å². The summed E-state index contributed by atoms with van der Waals surface area (Å²) in [7, 11) is -3.53. The van der Waals surface area contributed by atoms with E-state index in [-0.39, 0.29) is 13.1 Å². The largest absolute Gasteiger partial charge is 0.325 e. The molecule has 7 heteroatoms. The molecule has 0 aliphatic rings. The first-order chi connectivity index (χ1) is 11.7. The molecule has 0 aliphatic carbocycles. The number of rotatable bonds is 6. The highest BCUT2D eigenvalue weighted by atomic mass is 35.5. The molecule has 0 fully saturated rings. The van der Waals surface area contributed by atoms with E-state index in [1.54, 1.807) is 25.1 Å². The van der Waals surface area contributed by atoms with Gasteiger partial charge < -0.3 is 5.32 Å². The second-order valence-corrected chi connectivity index (χ2v) is 8.37. The number of sulfonamides is 1. The van der Waals surface area contributed by atoms with E-state index in [0.717, 1.165) is 27.3 Å². The molecule has 0 heterocycles. The molecule has 1 N–H and O–H groups in total. The SMILES string of the molecule is Cc1ccc(CN(CC(=O)Nc2cccc(Cl)c2C)S(C)(=O)=O)cc1. The number of halogens is 1. The van der Waals surface area contributed by atoms with E-state index in [9.17, 15) is 13.2 Å². The Kier molecular flexibility index (Phi) is 6.21. The molecule has 134 valence electrons. The summed E-state index contributed by atoms with van der Waals surface area (Å²) in [6.07, 6.45) is 1.10. The maximum Gasteiger partial charge on any atom is 0.239 e. The number of carbonyl (C=O) groups excluding carboxylic acids is 1. The number of benzene rings is 2. The fraction of sp³-hybridized carbons (Fsp3) is 0.278. The normalized spacial score (nSPS) is 11.6. The first kappa shape index (κ1) is 19.4. The van der Waals surface area contributed by atoms with Crippen molar-refractivity contribution in [2.45, 2.75) is 20.4 Å². The van der Waals surface area contributed by atoms with Gasteiger partial charge in [0, 0.05) is 17.3 Å². The van der Waals surface area contributed by atoms with Crippen molar-refractivity contribution >= 4 is 33.2 Å². The Labute approximate surface area is 153 Å². The number of carbonyl (C=O) groups is 1. The Bertz CT molecular complexity index is 864. The summed E-state index contributed by atoms with van der Waals surface area (Å²) in [4.78, 5) is 12.3. The zero-order valence-corrected chi connectivity index (χ0v) is 16.0. The number of aryl methyl sites for hydroxylation is 1. The predicted molar refractivity (Wildman–Crippen MR) is 101 cm³/mol. The van der Waals surface area contributed by atoms with E-state index in [1.165, 1.54) is 0 Å². The van der Waals surface area contributed by atoms with Crippen LogP contribution in [0.3, 0.4) is 0 Å². The quantitative estimate of drug-likeness (QED) is 0.835. The van der Waals surface area contributed by atoms with Crippen molar-refractivity contribution in [1.82, 2.24) is 4.31 Å². The summed E-state index contributed by atoms with van der Waals surface area (Å²) in [5.74, 6) is -0.414. The van der Waals surface area contributed by atoms with Gasteiger partial charge in [-0.3, -0.25) is 4.79 Å². The van der Waals surface area contributed by atoms with E-state index in [1.807, 2.05) is 31.2 Å². The standard InChI is InChI=1S/C18H21ClN2O3S/c1-13-7-9-15(10-8-13)11-21(25(3,23)24)12-18(22)20-17-6-4-5-16(19)14(17)2/h4-10H,11-12H2,1-3H3,(H,20,22). The van der Waals surface area contributed by atoms with Crippen molar-refractivity contribution < 1.29 is 13.2 Å². The van der Waals surface area contributed by atoms with Gasteiger partial charge in [-0.1, -0.05) is 47.5 Å². The van der Waals surface area contributed by atoms with E-state index in [2.05, 4.69) is 5.32 Å². The summed E-state index contributed by atoms with van der Waals surface area (Å²) >= 11 is 6.04. The Morgan fingerprint density at radius 2 is 1.76 bits per heavy atom. The lowest BCUT2D eigenvalue weighted by Gasteiger charge is -2.20. The first-order valence-corrected chi connectivity index (χ1v) is 9.95. The van der Waals surface area contributed by atoms with Crippen molar-refractivity contribution in [3.8, 4) is 0 Å². The van der Waals surface area contributed by atoms with Crippen LogP contribution < -0.4 is 5.32 Å². The van der Waals surface area contributed by atoms with Crippen LogP contribution in [0.2, 0.25) is 5.02 Å². The Hall–Kier alpha value is -1.89. The van der Waals surface area contributed by atoms with Gasteiger partial charge in [0.25, 0.3) is 0 Å². The van der Waals surface area contributed by atoms with Gasteiger partial charge in [0.15, 0.2) is 0 Å². The van der Waals surface area contributed by atoms with Crippen LogP contribution >= 0.6 is 11.6 Å². The molecule has 2 aromatic rings. The monoisotopic (exact) mass is 380 g/mol. The molecule has 0 atom stereocenters. The van der Waals surface area contributed by atoms with Crippen LogP contribution in [0.5, 0.6) is 0 Å². The van der Waals surface area contributed by atoms with Crippen molar-refractivity contribution in [3.63, 3.8) is 0 Å². The molecular weight excluding hydrogens is 360 g/mol. The fourth-order valence-electron chi connectivity index (χ4n) is 2.28. The van der Waals surface area contributed by atoms with Gasteiger partial charge in [-0.2, -0.15) is 4.31 Å². The fourth-order valence-corrected chi connectivity index (χ4v) is 3.19. The van der Waals surface area contributed by atoms with Gasteiger partial charge in [0.05, 0.1) is 12.8 Å². The molecule has 5 nitrogen and oxygen atoms in total. The maximum absolute atomic E-state index is 12.3. The van der Waals surface area contributed by atoms with Gasteiger partial charge in [-0.25, -0.2) is 8.42 Å². The lowest BCUT2D eigenvalue weighted by Crippen LogP contribution is -2.37. The molecule has 0 saturated heterocycles. The minimum absolute atomic E-state index is 0.140. The second kappa shape index (κ2) is 7.99. The maximum atomic E-state index is 12.3. The van der Waals surface area contributed by atoms with Crippen LogP contribution in [0.15, 0.2) is 42.5 Å². The smallest absolute Gasteiger partial charge is 0.239 e. The van der Waals surface area contributed by atoms with Crippen LogP contribution in [-0.2, 0) is 21.4 Å². The average molecular weight is 381 g/mol. The summed E-state index contributed by atoms with van der Waals surface area (Å²) in [5.41, 5.74) is 3.22. The minimum atomic E-state index is -3.53. The lowest BCUT2D eigenvalue weighted by atomic mass is 10.1. The van der Waals surface area contributed by atoms with E-state index in [4.69, 9.17) is 11.6 Å². The molecule has 0 aromatic heterocycles. The van der Waals surface area contributed by atoms with Gasteiger partial charge in [0.1, 0.15) is 0 Å². The first-order valence-electron chi connectivity index (χ1n) is 7.72. The van der Waals surface area contributed by atoms with Gasteiger partial charge in [-0.15, -0.1) is 0 Å². The summed E-state index contributed by atoms with van der Waals surface area (Å²) in [6, 6.07) is 12.7. The molecule has 25 heavy (non-hydrogen) atoms. The third-order valence-electron chi connectivity index (χ3n) is 3.81. The molecule has 0 spiro atoms. The molecule has 0 bridgehead atoms. The van der Waals surface area contributed by atoms with Crippen molar-refractivity contribution in [2.75, 3.05) is 18.1 Å². The molecule has 1 amide bonds. The van der Waals surface area contributed by atoms with E-state index >= 15 is 0 Å². The summed E-state index contributed by atoms with van der Waals surface area (Å²) < 4.78 is 25.2. The van der Waals surface area contributed by atoms with Crippen LogP contribution in [0, 0.1) is 13.8 Å². The zero-order valence-electron chi connectivity index (χ0n) is 14.4. The Morgan fingerprint density at radius 1 is 1.12 bits per heavy atom. The number of anilines is 1. The third-order valence-corrected chi connectivity index (χ3v) is 5.42. The molecule has 0 aliphatic heterocycles. The van der Waals surface area contributed by atoms with Gasteiger partial charge in [-0.05, 0) is 37.1 Å². The number of nitrogens with zero attached hydrogens (tertiary/aromatic N) is 1. The van der Waals surface area contributed by atoms with Crippen LogP contribution in [0.4, 0.5) is 5.69 Å². The second-order valence-electron chi connectivity index (χ2n) is 5.98. The predicted octanol–water partition coefficient (Wildman–Crippen LogP) is 3.36. The minimum Gasteiger partial charge on any atom is -0.325 e. The number of nitrogens with one attached hydrogen (secondary N) is 1. The number of hydrogen-bond acceptors (Lipinski definition) is 3. The summed E-state index contributed by atoms with van der Waals surface area (Å²) in [6.45, 7) is 3.62. The van der Waals surface area contributed by atoms with Crippen LogP contribution in [-0.4, -0.2) is 31.4 Å². The van der Waals surface area contributed by atoms with E-state index in [0.29, 0.717) is 10.7 Å². The molecule has 0 saturated carbocycles. The zero-order chi connectivity index (χ0) is 18.6. The number of hydrogen-bond donors (Lipinski definition) is 1. The molecule has 0 radical (unpaired) electrons. The number of amides is 1. The van der Waals surface area contributed by atoms with Crippen molar-refractivity contribution in [2.24, 2.45) is 0 Å². The molecule has 0 unspecified atom stereocenters. The van der Waals surface area contributed by atoms with Crippen LogP contribution in [0.25, 0.3) is 0 Å². The van der Waals surface area contributed by atoms with Crippen molar-refractivity contribution in [1.29, 1.82) is 0 Å². The highest BCUT2D eigenvalue weighted by Crippen LogP contribution is 2.23. The summed E-state index contributed by atoms with van der Waals surface area (Å²) in [5, 5.41) is 3.26. The Morgan fingerprint density at radius 3 is 2.36 bits per heavy atom. The average Bonchev–Trinajstić information content (AvgIpc) is 2.52. The Balaban J connectivity index is 2.12. The van der Waals surface area contributed by atoms with Gasteiger partial charge >= 0.3 is 0 Å². The van der Waals surface area contributed by atoms with E-state index < -0.39 is 15.9 Å². The van der Waals surface area contributed by atoms with Gasteiger partial charge in [0.2, 0.25) is 15.9 Å². The molecule has 2 rings (SSSR count). The molecule has 2 aromatic carbocycles. The highest BCUT2D eigenvalue weighted by molar-refractivity contribution is 7.88. The highest BCUT2D eigenvalue weighted by Gasteiger charge is 2.21. The topological polar surface area (TPSA) is 66.5 Å². The van der Waals surface area contributed by atoms with Crippen LogP contribution in [0.1, 0.15) is 16.7 Å².